The molecule has 1 heterocycles. The van der Waals surface area contributed by atoms with Gasteiger partial charge in [-0.2, -0.15) is 0 Å². The van der Waals surface area contributed by atoms with E-state index in [4.69, 9.17) is 11.6 Å². The standard InChI is InChI=1S/C20H13ClN2OS/c21-16-10-4-2-7-14(16)12-18-19(24)23-20(25-18)22-17-11-5-8-13-6-1-3-9-15(13)17/h1-12H,(H,22,23,24)/b18-12-. The van der Waals surface area contributed by atoms with E-state index in [-0.39, 0.29) is 5.91 Å². The molecule has 1 N–H and O–H groups in total. The summed E-state index contributed by atoms with van der Waals surface area (Å²) in [5.41, 5.74) is 1.65. The van der Waals surface area contributed by atoms with Gasteiger partial charge in [-0.3, -0.25) is 4.79 Å². The smallest absolute Gasteiger partial charge is 0.264 e. The van der Waals surface area contributed by atoms with Gasteiger partial charge in [-0.25, -0.2) is 4.99 Å². The number of amidine groups is 1. The quantitative estimate of drug-likeness (QED) is 0.620. The monoisotopic (exact) mass is 364 g/mol. The van der Waals surface area contributed by atoms with Crippen LogP contribution in [0, 0.1) is 0 Å². The first-order valence-electron chi connectivity index (χ1n) is 7.72. The highest BCUT2D eigenvalue weighted by Crippen LogP contribution is 2.32. The normalized spacial score (nSPS) is 17.4. The van der Waals surface area contributed by atoms with Gasteiger partial charge in [0.05, 0.1) is 10.6 Å². The van der Waals surface area contributed by atoms with E-state index in [0.717, 1.165) is 22.0 Å². The van der Waals surface area contributed by atoms with Crippen LogP contribution in [-0.2, 0) is 4.79 Å². The topological polar surface area (TPSA) is 41.5 Å². The van der Waals surface area contributed by atoms with E-state index >= 15 is 0 Å². The summed E-state index contributed by atoms with van der Waals surface area (Å²) in [5, 5.41) is 6.17. The number of hydrogen-bond acceptors (Lipinski definition) is 3. The van der Waals surface area contributed by atoms with Crippen molar-refractivity contribution < 1.29 is 4.79 Å². The van der Waals surface area contributed by atoms with Crippen molar-refractivity contribution in [2.24, 2.45) is 4.99 Å². The summed E-state index contributed by atoms with van der Waals surface area (Å²) >= 11 is 7.48. The van der Waals surface area contributed by atoms with Crippen LogP contribution in [0.2, 0.25) is 5.02 Å². The summed E-state index contributed by atoms with van der Waals surface area (Å²) in [5.74, 6) is -0.163. The molecule has 1 fully saturated rings. The number of halogens is 1. The number of carbonyl (C=O) groups is 1. The highest BCUT2D eigenvalue weighted by atomic mass is 35.5. The van der Waals surface area contributed by atoms with Gasteiger partial charge in [0.2, 0.25) is 0 Å². The van der Waals surface area contributed by atoms with Crippen molar-refractivity contribution in [2.45, 2.75) is 0 Å². The maximum absolute atomic E-state index is 12.2. The van der Waals surface area contributed by atoms with Gasteiger partial charge < -0.3 is 5.32 Å². The predicted molar refractivity (Wildman–Crippen MR) is 106 cm³/mol. The Balaban J connectivity index is 1.68. The molecule has 0 unspecified atom stereocenters. The minimum absolute atomic E-state index is 0.163. The molecule has 3 aromatic rings. The molecule has 1 aliphatic heterocycles. The van der Waals surface area contributed by atoms with Crippen molar-refractivity contribution in [1.82, 2.24) is 5.32 Å². The lowest BCUT2D eigenvalue weighted by Crippen LogP contribution is -2.19. The van der Waals surface area contributed by atoms with Gasteiger partial charge in [0, 0.05) is 10.4 Å². The van der Waals surface area contributed by atoms with Gasteiger partial charge >= 0.3 is 0 Å². The third-order valence-electron chi connectivity index (χ3n) is 3.83. The van der Waals surface area contributed by atoms with Gasteiger partial charge in [-0.1, -0.05) is 66.2 Å². The fourth-order valence-electron chi connectivity index (χ4n) is 2.63. The molecule has 0 spiro atoms. The second kappa shape index (κ2) is 6.75. The second-order valence-corrected chi connectivity index (χ2v) is 6.94. The maximum Gasteiger partial charge on any atom is 0.264 e. The molecule has 1 saturated heterocycles. The average Bonchev–Trinajstić information content (AvgIpc) is 2.96. The number of thioether (sulfide) groups is 1. The van der Waals surface area contributed by atoms with Gasteiger partial charge in [0.25, 0.3) is 5.91 Å². The van der Waals surface area contributed by atoms with Crippen LogP contribution >= 0.6 is 23.4 Å². The van der Waals surface area contributed by atoms with Gasteiger partial charge in [-0.15, -0.1) is 0 Å². The zero-order valence-corrected chi connectivity index (χ0v) is 14.6. The van der Waals surface area contributed by atoms with E-state index in [1.165, 1.54) is 11.8 Å². The Bertz CT molecular complexity index is 1040. The van der Waals surface area contributed by atoms with Gasteiger partial charge in [-0.05, 0) is 40.9 Å². The molecule has 3 aromatic carbocycles. The molecular formula is C20H13ClN2OS. The first-order chi connectivity index (χ1) is 12.2. The Kier molecular flexibility index (Phi) is 4.30. The molecule has 0 saturated carbocycles. The van der Waals surface area contributed by atoms with E-state index in [2.05, 4.69) is 10.3 Å². The van der Waals surface area contributed by atoms with E-state index in [0.29, 0.717) is 15.1 Å². The Morgan fingerprint density at radius 3 is 2.60 bits per heavy atom. The Morgan fingerprint density at radius 2 is 1.72 bits per heavy atom. The number of fused-ring (bicyclic) bond motifs is 1. The zero-order valence-electron chi connectivity index (χ0n) is 13.1. The highest BCUT2D eigenvalue weighted by molar-refractivity contribution is 8.18. The Morgan fingerprint density at radius 1 is 0.960 bits per heavy atom. The summed E-state index contributed by atoms with van der Waals surface area (Å²) in [6.07, 6.45) is 1.79. The van der Waals surface area contributed by atoms with Gasteiger partial charge in [0.15, 0.2) is 5.17 Å². The molecule has 3 nitrogen and oxygen atoms in total. The summed E-state index contributed by atoms with van der Waals surface area (Å²) in [4.78, 5) is 17.4. The lowest BCUT2D eigenvalue weighted by atomic mass is 10.1. The molecule has 0 bridgehead atoms. The number of amides is 1. The number of carbonyl (C=O) groups excluding carboxylic acids is 1. The Hall–Kier alpha value is -2.56. The van der Waals surface area contributed by atoms with Crippen molar-refractivity contribution in [2.75, 3.05) is 0 Å². The minimum atomic E-state index is -0.163. The average molecular weight is 365 g/mol. The number of benzene rings is 3. The lowest BCUT2D eigenvalue weighted by Gasteiger charge is -2.02. The maximum atomic E-state index is 12.2. The van der Waals surface area contributed by atoms with Crippen LogP contribution in [-0.4, -0.2) is 11.1 Å². The summed E-state index contributed by atoms with van der Waals surface area (Å²) < 4.78 is 0. The van der Waals surface area contributed by atoms with Crippen molar-refractivity contribution in [1.29, 1.82) is 0 Å². The van der Waals surface area contributed by atoms with Crippen LogP contribution in [0.4, 0.5) is 5.69 Å². The number of aliphatic imine (C=N–C) groups is 1. The predicted octanol–water partition coefficient (Wildman–Crippen LogP) is 5.38. The van der Waals surface area contributed by atoms with Gasteiger partial charge in [0.1, 0.15) is 0 Å². The van der Waals surface area contributed by atoms with Crippen molar-refractivity contribution in [3.63, 3.8) is 0 Å². The highest BCUT2D eigenvalue weighted by Gasteiger charge is 2.24. The SMILES string of the molecule is O=C1NC(=Nc2cccc3ccccc23)S/C1=C\c1ccccc1Cl. The molecule has 0 aliphatic carbocycles. The third kappa shape index (κ3) is 3.31. The van der Waals surface area contributed by atoms with Crippen molar-refractivity contribution in [3.8, 4) is 0 Å². The van der Waals surface area contributed by atoms with Crippen LogP contribution in [0.5, 0.6) is 0 Å². The number of nitrogens with zero attached hydrogens (tertiary/aromatic N) is 1. The van der Waals surface area contributed by atoms with E-state index in [9.17, 15) is 4.79 Å². The van der Waals surface area contributed by atoms with E-state index < -0.39 is 0 Å². The lowest BCUT2D eigenvalue weighted by molar-refractivity contribution is -0.115. The summed E-state index contributed by atoms with van der Waals surface area (Å²) in [6.45, 7) is 0. The van der Waals surface area contributed by atoms with Crippen LogP contribution in [0.15, 0.2) is 76.6 Å². The molecule has 0 atom stereocenters. The molecule has 25 heavy (non-hydrogen) atoms. The van der Waals surface area contributed by atoms with Crippen molar-refractivity contribution in [3.05, 3.63) is 82.2 Å². The van der Waals surface area contributed by atoms with Crippen LogP contribution in [0.1, 0.15) is 5.56 Å². The largest absolute Gasteiger partial charge is 0.300 e. The van der Waals surface area contributed by atoms with E-state index in [1.54, 1.807) is 12.1 Å². The van der Waals surface area contributed by atoms with Crippen LogP contribution in [0.3, 0.4) is 0 Å². The first kappa shape index (κ1) is 15.9. The van der Waals surface area contributed by atoms with Crippen molar-refractivity contribution >= 4 is 57.0 Å². The molecule has 1 aliphatic rings. The molecule has 122 valence electrons. The molecule has 0 radical (unpaired) electrons. The fourth-order valence-corrected chi connectivity index (χ4v) is 3.65. The Labute approximate surface area is 154 Å². The van der Waals surface area contributed by atoms with E-state index in [1.807, 2.05) is 60.7 Å². The number of rotatable bonds is 2. The minimum Gasteiger partial charge on any atom is -0.300 e. The second-order valence-electron chi connectivity index (χ2n) is 5.50. The molecular weight excluding hydrogens is 352 g/mol. The molecule has 4 rings (SSSR count). The first-order valence-corrected chi connectivity index (χ1v) is 8.92. The zero-order chi connectivity index (χ0) is 17.2. The molecule has 1 amide bonds. The molecule has 5 heteroatoms. The fraction of sp³-hybridized carbons (Fsp3) is 0. The molecule has 0 aromatic heterocycles. The van der Waals surface area contributed by atoms with Crippen LogP contribution < -0.4 is 5.32 Å². The summed E-state index contributed by atoms with van der Waals surface area (Å²) in [7, 11) is 0. The van der Waals surface area contributed by atoms with Crippen LogP contribution in [0.25, 0.3) is 16.8 Å². The summed E-state index contributed by atoms with van der Waals surface area (Å²) in [6, 6.07) is 21.4. The number of hydrogen-bond donors (Lipinski definition) is 1. The third-order valence-corrected chi connectivity index (χ3v) is 5.09. The number of nitrogens with one attached hydrogen (secondary N) is 1.